The summed E-state index contributed by atoms with van der Waals surface area (Å²) in [4.78, 5) is 0.0264. The number of benzene rings is 1. The summed E-state index contributed by atoms with van der Waals surface area (Å²) >= 11 is 9.66. The van der Waals surface area contributed by atoms with Crippen LogP contribution in [0.15, 0.2) is 24.3 Å². The maximum Gasteiger partial charge on any atom is 0.150 e. The van der Waals surface area contributed by atoms with Crippen molar-refractivity contribution in [1.82, 2.24) is 0 Å². The van der Waals surface area contributed by atoms with Gasteiger partial charge in [-0.1, -0.05) is 45.7 Å². The van der Waals surface area contributed by atoms with Gasteiger partial charge >= 0.3 is 0 Å². The highest BCUT2D eigenvalue weighted by molar-refractivity contribution is 9.09. The molecule has 2 unspecified atom stereocenters. The molecule has 1 saturated heterocycles. The van der Waals surface area contributed by atoms with Crippen LogP contribution in [0.2, 0.25) is 5.02 Å². The van der Waals surface area contributed by atoms with Gasteiger partial charge in [-0.2, -0.15) is 0 Å². The van der Waals surface area contributed by atoms with Crippen molar-refractivity contribution in [1.29, 1.82) is 0 Å². The maximum atomic E-state index is 11.4. The molecule has 0 N–H and O–H groups in total. The van der Waals surface area contributed by atoms with Gasteiger partial charge in [0.1, 0.15) is 0 Å². The van der Waals surface area contributed by atoms with Crippen LogP contribution in [-0.2, 0) is 9.84 Å². The van der Waals surface area contributed by atoms with Crippen molar-refractivity contribution >= 4 is 37.4 Å². The van der Waals surface area contributed by atoms with Gasteiger partial charge in [0.05, 0.1) is 11.5 Å². The Balaban J connectivity index is 2.21. The van der Waals surface area contributed by atoms with Crippen LogP contribution in [0.5, 0.6) is 0 Å². The minimum absolute atomic E-state index is 0.0264. The Labute approximate surface area is 109 Å². The molecule has 0 spiro atoms. The molecule has 2 rings (SSSR count). The first-order chi connectivity index (χ1) is 7.49. The predicted octanol–water partition coefficient (Wildman–Crippen LogP) is 3.21. The quantitative estimate of drug-likeness (QED) is 0.783. The van der Waals surface area contributed by atoms with E-state index in [2.05, 4.69) is 15.9 Å². The molecule has 1 fully saturated rings. The van der Waals surface area contributed by atoms with Crippen molar-refractivity contribution < 1.29 is 8.42 Å². The number of hydrogen-bond acceptors (Lipinski definition) is 2. The molecule has 0 amide bonds. The molecule has 1 heterocycles. The Kier molecular flexibility index (Phi) is 3.62. The van der Waals surface area contributed by atoms with Crippen molar-refractivity contribution in [2.75, 3.05) is 11.5 Å². The lowest BCUT2D eigenvalue weighted by atomic mass is 9.99. The van der Waals surface area contributed by atoms with Crippen LogP contribution in [0, 0.1) is 5.92 Å². The van der Waals surface area contributed by atoms with Crippen LogP contribution >= 0.6 is 27.5 Å². The number of hydrogen-bond donors (Lipinski definition) is 0. The van der Waals surface area contributed by atoms with Gasteiger partial charge in [-0.05, 0) is 24.0 Å². The first kappa shape index (κ1) is 12.4. The third-order valence-electron chi connectivity index (χ3n) is 2.88. The summed E-state index contributed by atoms with van der Waals surface area (Å²) in [6.45, 7) is 0. The van der Waals surface area contributed by atoms with Crippen molar-refractivity contribution in [3.8, 4) is 0 Å². The molecule has 1 aromatic carbocycles. The van der Waals surface area contributed by atoms with Crippen molar-refractivity contribution in [2.24, 2.45) is 5.92 Å². The van der Waals surface area contributed by atoms with E-state index in [0.29, 0.717) is 17.2 Å². The molecule has 0 radical (unpaired) electrons. The summed E-state index contributed by atoms with van der Waals surface area (Å²) in [5, 5.41) is 0.689. The predicted molar refractivity (Wildman–Crippen MR) is 69.9 cm³/mol. The van der Waals surface area contributed by atoms with Gasteiger partial charge in [-0.25, -0.2) is 8.42 Å². The largest absolute Gasteiger partial charge is 0.229 e. The molecule has 16 heavy (non-hydrogen) atoms. The van der Waals surface area contributed by atoms with Crippen LogP contribution in [0.25, 0.3) is 0 Å². The number of sulfone groups is 1. The van der Waals surface area contributed by atoms with Gasteiger partial charge in [0.15, 0.2) is 9.84 Å². The minimum atomic E-state index is -2.83. The molecular weight excluding hydrogens is 312 g/mol. The molecule has 0 saturated carbocycles. The zero-order chi connectivity index (χ0) is 11.8. The first-order valence-electron chi connectivity index (χ1n) is 5.08. The second-order valence-corrected chi connectivity index (χ2v) is 7.71. The Morgan fingerprint density at radius 1 is 1.38 bits per heavy atom. The Hall–Kier alpha value is -0.0600. The Morgan fingerprint density at radius 2 is 2.06 bits per heavy atom. The van der Waals surface area contributed by atoms with Gasteiger partial charge in [-0.15, -0.1) is 0 Å². The second kappa shape index (κ2) is 4.67. The molecule has 0 aliphatic carbocycles. The van der Waals surface area contributed by atoms with Gasteiger partial charge in [0.25, 0.3) is 0 Å². The highest BCUT2D eigenvalue weighted by Crippen LogP contribution is 2.40. The third-order valence-corrected chi connectivity index (χ3v) is 6.26. The van der Waals surface area contributed by atoms with E-state index in [0.717, 1.165) is 5.56 Å². The molecule has 0 bridgehead atoms. The van der Waals surface area contributed by atoms with E-state index in [1.165, 1.54) is 0 Å². The highest BCUT2D eigenvalue weighted by atomic mass is 79.9. The maximum absolute atomic E-state index is 11.4. The lowest BCUT2D eigenvalue weighted by molar-refractivity contribution is 0.580. The molecule has 88 valence electrons. The summed E-state index contributed by atoms with van der Waals surface area (Å²) in [5.41, 5.74) is 0.978. The lowest BCUT2D eigenvalue weighted by Crippen LogP contribution is -2.10. The van der Waals surface area contributed by atoms with Crippen LogP contribution in [0.1, 0.15) is 16.8 Å². The zero-order valence-corrected chi connectivity index (χ0v) is 11.7. The SMILES string of the molecule is O=S1(=O)CCC(C(Br)c2ccccc2Cl)C1. The molecule has 1 aromatic rings. The van der Waals surface area contributed by atoms with Gasteiger partial charge in [-0.3, -0.25) is 0 Å². The fourth-order valence-corrected chi connectivity index (χ4v) is 5.33. The van der Waals surface area contributed by atoms with Crippen LogP contribution in [0.4, 0.5) is 0 Å². The van der Waals surface area contributed by atoms with Crippen molar-refractivity contribution in [3.05, 3.63) is 34.9 Å². The van der Waals surface area contributed by atoms with E-state index < -0.39 is 9.84 Å². The fourth-order valence-electron chi connectivity index (χ4n) is 2.01. The number of halogens is 2. The summed E-state index contributed by atoms with van der Waals surface area (Å²) in [5.74, 6) is 0.683. The average molecular weight is 324 g/mol. The zero-order valence-electron chi connectivity index (χ0n) is 8.57. The van der Waals surface area contributed by atoms with Gasteiger partial charge < -0.3 is 0 Å². The van der Waals surface area contributed by atoms with Crippen molar-refractivity contribution in [2.45, 2.75) is 11.2 Å². The van der Waals surface area contributed by atoms with Crippen LogP contribution in [0.3, 0.4) is 0 Å². The summed E-state index contributed by atoms with van der Waals surface area (Å²) in [7, 11) is -2.83. The molecule has 5 heteroatoms. The van der Waals surface area contributed by atoms with Crippen LogP contribution < -0.4 is 0 Å². The van der Waals surface area contributed by atoms with E-state index in [-0.39, 0.29) is 16.5 Å². The smallest absolute Gasteiger partial charge is 0.150 e. The second-order valence-electron chi connectivity index (χ2n) is 4.09. The van der Waals surface area contributed by atoms with Gasteiger partial charge in [0, 0.05) is 9.85 Å². The van der Waals surface area contributed by atoms with Crippen molar-refractivity contribution in [3.63, 3.8) is 0 Å². The van der Waals surface area contributed by atoms with E-state index in [4.69, 9.17) is 11.6 Å². The molecule has 2 nitrogen and oxygen atoms in total. The Bertz CT molecular complexity index is 487. The standard InChI is InChI=1S/C11H12BrClO2S/c12-11(8-5-6-16(14,15)7-8)9-3-1-2-4-10(9)13/h1-4,8,11H,5-7H2. The molecule has 1 aliphatic heterocycles. The Morgan fingerprint density at radius 3 is 2.62 bits per heavy atom. The monoisotopic (exact) mass is 322 g/mol. The highest BCUT2D eigenvalue weighted by Gasteiger charge is 2.33. The summed E-state index contributed by atoms with van der Waals surface area (Å²) in [6.07, 6.45) is 0.712. The fraction of sp³-hybridized carbons (Fsp3) is 0.455. The number of alkyl halides is 1. The molecule has 2 atom stereocenters. The molecule has 1 aliphatic rings. The minimum Gasteiger partial charge on any atom is -0.229 e. The molecule has 0 aromatic heterocycles. The number of rotatable bonds is 2. The average Bonchev–Trinajstić information content (AvgIpc) is 2.59. The topological polar surface area (TPSA) is 34.1 Å². The van der Waals surface area contributed by atoms with E-state index in [1.54, 1.807) is 0 Å². The summed E-state index contributed by atoms with van der Waals surface area (Å²) in [6, 6.07) is 7.55. The first-order valence-corrected chi connectivity index (χ1v) is 8.20. The summed E-state index contributed by atoms with van der Waals surface area (Å²) < 4.78 is 22.8. The van der Waals surface area contributed by atoms with Crippen LogP contribution in [-0.4, -0.2) is 19.9 Å². The van der Waals surface area contributed by atoms with Gasteiger partial charge in [0.2, 0.25) is 0 Å². The van der Waals surface area contributed by atoms with E-state index in [1.807, 2.05) is 24.3 Å². The molecular formula is C11H12BrClO2S. The lowest BCUT2D eigenvalue weighted by Gasteiger charge is -2.17. The normalized spacial score (nSPS) is 25.5. The van der Waals surface area contributed by atoms with E-state index in [9.17, 15) is 8.42 Å². The van der Waals surface area contributed by atoms with E-state index >= 15 is 0 Å². The third kappa shape index (κ3) is 2.60.